The quantitative estimate of drug-likeness (QED) is 0.759. The molecule has 0 bridgehead atoms. The first-order valence-corrected chi connectivity index (χ1v) is 6.68. The Morgan fingerprint density at radius 1 is 1.39 bits per heavy atom. The summed E-state index contributed by atoms with van der Waals surface area (Å²) in [6.07, 6.45) is 0. The number of amides is 1. The number of anilines is 1. The fourth-order valence-electron chi connectivity index (χ4n) is 1.28. The molecule has 0 radical (unpaired) electrons. The van der Waals surface area contributed by atoms with Crippen LogP contribution in [0.3, 0.4) is 0 Å². The minimum Gasteiger partial charge on any atom is -0.286 e. The Morgan fingerprint density at radius 2 is 2.33 bits per heavy atom. The molecule has 90 valence electrons. The number of aromatic amines is 1. The maximum atomic E-state index is 11.8. The molecule has 0 aliphatic heterocycles. The first-order chi connectivity index (χ1) is 8.83. The standard InChI is InChI=1S/C9H6N6OS2/c16-7(11-9-12-14-15-13-9)6-4-18-8(10-6)5-1-2-17-3-5/h1-4H,(H2,11,12,13,14,15,16). The van der Waals surface area contributed by atoms with Crippen molar-refractivity contribution in [1.82, 2.24) is 25.6 Å². The molecular weight excluding hydrogens is 272 g/mol. The zero-order valence-electron chi connectivity index (χ0n) is 8.82. The number of carbonyl (C=O) groups excluding carboxylic acids is 1. The Bertz CT molecular complexity index is 644. The van der Waals surface area contributed by atoms with Gasteiger partial charge < -0.3 is 0 Å². The van der Waals surface area contributed by atoms with Crippen molar-refractivity contribution in [2.45, 2.75) is 0 Å². The van der Waals surface area contributed by atoms with Gasteiger partial charge in [0.25, 0.3) is 11.9 Å². The van der Waals surface area contributed by atoms with Crippen molar-refractivity contribution in [2.75, 3.05) is 5.32 Å². The van der Waals surface area contributed by atoms with Gasteiger partial charge in [-0.15, -0.1) is 16.4 Å². The molecular formula is C9H6N6OS2. The maximum absolute atomic E-state index is 11.8. The lowest BCUT2D eigenvalue weighted by Crippen LogP contribution is -2.13. The molecule has 0 aliphatic carbocycles. The van der Waals surface area contributed by atoms with E-state index in [1.807, 2.05) is 16.8 Å². The number of carbonyl (C=O) groups is 1. The van der Waals surface area contributed by atoms with E-state index in [-0.39, 0.29) is 11.9 Å². The number of tetrazole rings is 1. The van der Waals surface area contributed by atoms with Crippen molar-refractivity contribution in [3.05, 3.63) is 27.9 Å². The lowest BCUT2D eigenvalue weighted by Gasteiger charge is -1.94. The molecule has 2 N–H and O–H groups in total. The van der Waals surface area contributed by atoms with Crippen LogP contribution in [-0.2, 0) is 0 Å². The van der Waals surface area contributed by atoms with Crippen molar-refractivity contribution in [3.8, 4) is 10.6 Å². The topological polar surface area (TPSA) is 96.5 Å². The van der Waals surface area contributed by atoms with Crippen LogP contribution in [0.25, 0.3) is 10.6 Å². The van der Waals surface area contributed by atoms with Gasteiger partial charge in [0.05, 0.1) is 0 Å². The summed E-state index contributed by atoms with van der Waals surface area (Å²) >= 11 is 3.01. The van der Waals surface area contributed by atoms with Crippen LogP contribution in [0.15, 0.2) is 22.2 Å². The third-order valence-corrected chi connectivity index (χ3v) is 3.65. The van der Waals surface area contributed by atoms with Crippen LogP contribution in [0.1, 0.15) is 10.5 Å². The predicted octanol–water partition coefficient (Wildman–Crippen LogP) is 1.64. The second-order valence-corrected chi connectivity index (χ2v) is 4.88. The van der Waals surface area contributed by atoms with Crippen LogP contribution in [0.5, 0.6) is 0 Å². The Hall–Kier alpha value is -2.13. The Labute approximate surface area is 109 Å². The maximum Gasteiger partial charge on any atom is 0.277 e. The summed E-state index contributed by atoms with van der Waals surface area (Å²) < 4.78 is 0. The van der Waals surface area contributed by atoms with Crippen LogP contribution in [-0.4, -0.2) is 31.5 Å². The summed E-state index contributed by atoms with van der Waals surface area (Å²) in [5, 5.41) is 21.8. The second-order valence-electron chi connectivity index (χ2n) is 3.24. The van der Waals surface area contributed by atoms with Crippen LogP contribution in [0, 0.1) is 0 Å². The molecule has 9 heteroatoms. The first kappa shape index (κ1) is 11.0. The zero-order valence-corrected chi connectivity index (χ0v) is 10.5. The molecule has 0 unspecified atom stereocenters. The van der Waals surface area contributed by atoms with Crippen molar-refractivity contribution in [2.24, 2.45) is 0 Å². The molecule has 0 saturated carbocycles. The summed E-state index contributed by atoms with van der Waals surface area (Å²) in [5.74, 6) is -0.223. The summed E-state index contributed by atoms with van der Waals surface area (Å²) in [6.45, 7) is 0. The number of H-pyrrole nitrogens is 1. The minimum atomic E-state index is -0.353. The number of hydrogen-bond donors (Lipinski definition) is 2. The fraction of sp³-hybridized carbons (Fsp3) is 0. The van der Waals surface area contributed by atoms with E-state index >= 15 is 0 Å². The molecule has 0 aliphatic rings. The van der Waals surface area contributed by atoms with Crippen LogP contribution in [0.4, 0.5) is 5.95 Å². The van der Waals surface area contributed by atoms with Gasteiger partial charge in [0.1, 0.15) is 10.7 Å². The average Bonchev–Trinajstić information content (AvgIpc) is 3.11. The number of thiazole rings is 1. The van der Waals surface area contributed by atoms with E-state index in [4.69, 9.17) is 0 Å². The SMILES string of the molecule is O=C(Nc1nn[nH]n1)c1csc(-c2ccsc2)n1. The number of thiophene rings is 1. The molecule has 3 rings (SSSR count). The van der Waals surface area contributed by atoms with Gasteiger partial charge in [0.2, 0.25) is 0 Å². The summed E-state index contributed by atoms with van der Waals surface area (Å²) in [5.41, 5.74) is 1.36. The van der Waals surface area contributed by atoms with E-state index in [9.17, 15) is 4.79 Å². The highest BCUT2D eigenvalue weighted by molar-refractivity contribution is 7.14. The molecule has 0 saturated heterocycles. The van der Waals surface area contributed by atoms with E-state index < -0.39 is 0 Å². The van der Waals surface area contributed by atoms with Gasteiger partial charge in [0.15, 0.2) is 0 Å². The normalized spacial score (nSPS) is 10.4. The largest absolute Gasteiger partial charge is 0.286 e. The molecule has 0 atom stereocenters. The summed E-state index contributed by atoms with van der Waals surface area (Å²) in [7, 11) is 0. The van der Waals surface area contributed by atoms with E-state index in [2.05, 4.69) is 30.9 Å². The third kappa shape index (κ3) is 2.13. The smallest absolute Gasteiger partial charge is 0.277 e. The highest BCUT2D eigenvalue weighted by Gasteiger charge is 2.13. The molecule has 0 fully saturated rings. The van der Waals surface area contributed by atoms with Crippen molar-refractivity contribution < 1.29 is 4.79 Å². The number of nitrogens with zero attached hydrogens (tertiary/aromatic N) is 4. The third-order valence-electron chi connectivity index (χ3n) is 2.08. The average molecular weight is 278 g/mol. The van der Waals surface area contributed by atoms with E-state index in [0.29, 0.717) is 5.69 Å². The summed E-state index contributed by atoms with van der Waals surface area (Å²) in [4.78, 5) is 16.1. The minimum absolute atomic E-state index is 0.130. The molecule has 0 aromatic carbocycles. The second kappa shape index (κ2) is 4.63. The molecule has 1 amide bonds. The molecule has 3 heterocycles. The number of hydrogen-bond acceptors (Lipinski definition) is 7. The van der Waals surface area contributed by atoms with E-state index in [1.54, 1.807) is 16.7 Å². The molecule has 3 aromatic rings. The highest BCUT2D eigenvalue weighted by Crippen LogP contribution is 2.25. The lowest BCUT2D eigenvalue weighted by molar-refractivity contribution is 0.102. The van der Waals surface area contributed by atoms with E-state index in [1.165, 1.54) is 11.3 Å². The molecule has 18 heavy (non-hydrogen) atoms. The van der Waals surface area contributed by atoms with Gasteiger partial charge in [-0.05, 0) is 16.7 Å². The van der Waals surface area contributed by atoms with Crippen molar-refractivity contribution in [3.63, 3.8) is 0 Å². The van der Waals surface area contributed by atoms with Gasteiger partial charge >= 0.3 is 0 Å². The zero-order chi connectivity index (χ0) is 12.4. The van der Waals surface area contributed by atoms with E-state index in [0.717, 1.165) is 10.6 Å². The molecule has 0 spiro atoms. The number of rotatable bonds is 3. The Kier molecular flexibility index (Phi) is 2.82. The van der Waals surface area contributed by atoms with Crippen LogP contribution < -0.4 is 5.32 Å². The van der Waals surface area contributed by atoms with Gasteiger partial charge in [-0.25, -0.2) is 4.98 Å². The summed E-state index contributed by atoms with van der Waals surface area (Å²) in [6, 6.07) is 1.96. The fourth-order valence-corrected chi connectivity index (χ4v) is 2.79. The lowest BCUT2D eigenvalue weighted by atomic mass is 10.3. The molecule has 3 aromatic heterocycles. The first-order valence-electron chi connectivity index (χ1n) is 4.86. The highest BCUT2D eigenvalue weighted by atomic mass is 32.1. The van der Waals surface area contributed by atoms with Gasteiger partial charge in [-0.3, -0.25) is 10.1 Å². The van der Waals surface area contributed by atoms with Gasteiger partial charge in [0, 0.05) is 16.3 Å². The Morgan fingerprint density at radius 3 is 3.06 bits per heavy atom. The van der Waals surface area contributed by atoms with Crippen LogP contribution >= 0.6 is 22.7 Å². The van der Waals surface area contributed by atoms with Gasteiger partial charge in [-0.2, -0.15) is 16.6 Å². The van der Waals surface area contributed by atoms with Crippen LogP contribution in [0.2, 0.25) is 0 Å². The monoisotopic (exact) mass is 278 g/mol. The molecule has 7 nitrogen and oxygen atoms in total. The van der Waals surface area contributed by atoms with Crippen molar-refractivity contribution in [1.29, 1.82) is 0 Å². The number of aromatic nitrogens is 5. The Balaban J connectivity index is 1.79. The predicted molar refractivity (Wildman–Crippen MR) is 67.6 cm³/mol. The number of nitrogens with one attached hydrogen (secondary N) is 2. The van der Waals surface area contributed by atoms with Crippen molar-refractivity contribution >= 4 is 34.5 Å². The van der Waals surface area contributed by atoms with Gasteiger partial charge in [-0.1, -0.05) is 5.10 Å².